The molecule has 0 radical (unpaired) electrons. The van der Waals surface area contributed by atoms with Crippen molar-refractivity contribution in [2.75, 3.05) is 12.3 Å². The molecule has 0 aliphatic carbocycles. The molecular weight excluding hydrogens is 242 g/mol. The van der Waals surface area contributed by atoms with Crippen molar-refractivity contribution in [3.63, 3.8) is 0 Å². The van der Waals surface area contributed by atoms with Gasteiger partial charge in [-0.1, -0.05) is 6.92 Å². The van der Waals surface area contributed by atoms with E-state index < -0.39 is 0 Å². The lowest BCUT2D eigenvalue weighted by molar-refractivity contribution is -0.121. The Morgan fingerprint density at radius 1 is 1.53 bits per heavy atom. The molecule has 0 atom stereocenters. The van der Waals surface area contributed by atoms with Crippen LogP contribution in [-0.2, 0) is 11.3 Å². The van der Waals surface area contributed by atoms with Crippen LogP contribution in [-0.4, -0.2) is 27.0 Å². The summed E-state index contributed by atoms with van der Waals surface area (Å²) in [4.78, 5) is 19.8. The van der Waals surface area contributed by atoms with Gasteiger partial charge >= 0.3 is 0 Å². The van der Waals surface area contributed by atoms with Crippen LogP contribution < -0.4 is 11.1 Å². The fraction of sp³-hybridized carbons (Fsp3) is 0.308. The zero-order chi connectivity index (χ0) is 13.7. The Labute approximate surface area is 111 Å². The van der Waals surface area contributed by atoms with E-state index in [1.54, 1.807) is 29.4 Å². The van der Waals surface area contributed by atoms with Crippen LogP contribution in [0.15, 0.2) is 30.9 Å². The smallest absolute Gasteiger partial charge is 0.239 e. The maximum Gasteiger partial charge on any atom is 0.239 e. The number of carbonyl (C=O) groups excluding carboxylic acids is 1. The Balaban J connectivity index is 2.16. The number of imidazole rings is 1. The number of carbonyl (C=O) groups is 1. The van der Waals surface area contributed by atoms with E-state index in [9.17, 15) is 4.79 Å². The number of nitrogens with two attached hydrogens (primary N) is 1. The molecule has 2 aromatic rings. The Morgan fingerprint density at radius 2 is 2.37 bits per heavy atom. The van der Waals surface area contributed by atoms with Crippen molar-refractivity contribution in [2.24, 2.45) is 0 Å². The van der Waals surface area contributed by atoms with Crippen LogP contribution in [0.4, 0.5) is 5.82 Å². The van der Waals surface area contributed by atoms with Crippen molar-refractivity contribution in [3.8, 4) is 11.3 Å². The molecule has 0 spiro atoms. The first-order valence-corrected chi connectivity index (χ1v) is 6.19. The number of rotatable bonds is 5. The highest BCUT2D eigenvalue weighted by molar-refractivity contribution is 5.76. The molecule has 2 heterocycles. The van der Waals surface area contributed by atoms with Crippen molar-refractivity contribution in [1.29, 1.82) is 0 Å². The molecule has 0 aliphatic rings. The molecule has 1 amide bonds. The second kappa shape index (κ2) is 5.99. The summed E-state index contributed by atoms with van der Waals surface area (Å²) in [6, 6.07) is 3.60. The second-order valence-corrected chi connectivity index (χ2v) is 4.23. The van der Waals surface area contributed by atoms with Gasteiger partial charge in [0.15, 0.2) is 0 Å². The van der Waals surface area contributed by atoms with Gasteiger partial charge in [-0.15, -0.1) is 0 Å². The minimum Gasteiger partial charge on any atom is -0.384 e. The third-order valence-corrected chi connectivity index (χ3v) is 2.68. The van der Waals surface area contributed by atoms with Crippen LogP contribution in [0.25, 0.3) is 11.3 Å². The number of anilines is 1. The number of nitrogens with zero attached hydrogens (tertiary/aromatic N) is 3. The highest BCUT2D eigenvalue weighted by Crippen LogP contribution is 2.19. The van der Waals surface area contributed by atoms with Crippen LogP contribution in [0.5, 0.6) is 0 Å². The lowest BCUT2D eigenvalue weighted by Crippen LogP contribution is -2.28. The number of pyridine rings is 1. The van der Waals surface area contributed by atoms with Gasteiger partial charge in [-0.25, -0.2) is 9.97 Å². The summed E-state index contributed by atoms with van der Waals surface area (Å²) in [6.07, 6.45) is 5.90. The summed E-state index contributed by atoms with van der Waals surface area (Å²) in [6.45, 7) is 2.95. The summed E-state index contributed by atoms with van der Waals surface area (Å²) in [5.74, 6) is 0.420. The molecule has 100 valence electrons. The minimum atomic E-state index is -0.0249. The molecule has 2 rings (SSSR count). The predicted molar refractivity (Wildman–Crippen MR) is 73.2 cm³/mol. The van der Waals surface area contributed by atoms with Crippen molar-refractivity contribution in [3.05, 3.63) is 30.9 Å². The summed E-state index contributed by atoms with van der Waals surface area (Å²) in [7, 11) is 0. The lowest BCUT2D eigenvalue weighted by Gasteiger charge is -2.08. The van der Waals surface area contributed by atoms with E-state index in [0.29, 0.717) is 12.4 Å². The third-order valence-electron chi connectivity index (χ3n) is 2.68. The maximum absolute atomic E-state index is 11.7. The average molecular weight is 259 g/mol. The van der Waals surface area contributed by atoms with Crippen molar-refractivity contribution >= 4 is 11.7 Å². The molecule has 19 heavy (non-hydrogen) atoms. The largest absolute Gasteiger partial charge is 0.384 e. The van der Waals surface area contributed by atoms with E-state index in [4.69, 9.17) is 5.73 Å². The Kier molecular flexibility index (Phi) is 4.12. The molecule has 0 saturated carbocycles. The van der Waals surface area contributed by atoms with E-state index in [2.05, 4.69) is 15.3 Å². The molecule has 0 saturated heterocycles. The summed E-state index contributed by atoms with van der Waals surface area (Å²) in [5, 5.41) is 2.84. The zero-order valence-corrected chi connectivity index (χ0v) is 10.8. The highest BCUT2D eigenvalue weighted by Gasteiger charge is 2.09. The first-order valence-electron chi connectivity index (χ1n) is 6.19. The first kappa shape index (κ1) is 13.1. The molecule has 0 aliphatic heterocycles. The number of aromatic nitrogens is 3. The SMILES string of the molecule is CCCNC(=O)Cn1cncc1-c1ccnc(N)c1. The molecule has 2 aromatic heterocycles. The molecule has 6 nitrogen and oxygen atoms in total. The van der Waals surface area contributed by atoms with Gasteiger partial charge in [-0.3, -0.25) is 4.79 Å². The summed E-state index contributed by atoms with van der Waals surface area (Å²) in [5.41, 5.74) is 7.41. The van der Waals surface area contributed by atoms with E-state index in [0.717, 1.165) is 17.7 Å². The zero-order valence-electron chi connectivity index (χ0n) is 10.8. The number of hydrogen-bond acceptors (Lipinski definition) is 4. The van der Waals surface area contributed by atoms with Gasteiger partial charge in [0, 0.05) is 18.3 Å². The monoisotopic (exact) mass is 259 g/mol. The Morgan fingerprint density at radius 3 is 3.11 bits per heavy atom. The molecule has 0 fully saturated rings. The maximum atomic E-state index is 11.7. The van der Waals surface area contributed by atoms with Crippen LogP contribution in [0.1, 0.15) is 13.3 Å². The number of nitrogens with one attached hydrogen (secondary N) is 1. The predicted octanol–water partition coefficient (Wildman–Crippen LogP) is 1.05. The standard InChI is InChI=1S/C13H17N5O/c1-2-4-17-13(19)8-18-9-15-7-11(18)10-3-5-16-12(14)6-10/h3,5-7,9H,2,4,8H2,1H3,(H2,14,16)(H,17,19). The summed E-state index contributed by atoms with van der Waals surface area (Å²) >= 11 is 0. The number of amides is 1. The van der Waals surface area contributed by atoms with Crippen LogP contribution in [0.2, 0.25) is 0 Å². The second-order valence-electron chi connectivity index (χ2n) is 4.23. The fourth-order valence-electron chi connectivity index (χ4n) is 1.77. The third kappa shape index (κ3) is 3.31. The van der Waals surface area contributed by atoms with E-state index >= 15 is 0 Å². The van der Waals surface area contributed by atoms with Gasteiger partial charge in [0.25, 0.3) is 0 Å². The highest BCUT2D eigenvalue weighted by atomic mass is 16.1. The molecule has 3 N–H and O–H groups in total. The van der Waals surface area contributed by atoms with Crippen LogP contribution in [0.3, 0.4) is 0 Å². The molecule has 6 heteroatoms. The summed E-state index contributed by atoms with van der Waals surface area (Å²) < 4.78 is 1.79. The molecule has 0 unspecified atom stereocenters. The number of nitrogen functional groups attached to an aromatic ring is 1. The van der Waals surface area contributed by atoms with Gasteiger partial charge in [-0.05, 0) is 18.6 Å². The molecular formula is C13H17N5O. The van der Waals surface area contributed by atoms with Crippen LogP contribution in [0, 0.1) is 0 Å². The quantitative estimate of drug-likeness (QED) is 0.840. The van der Waals surface area contributed by atoms with E-state index in [1.165, 1.54) is 0 Å². The van der Waals surface area contributed by atoms with Crippen molar-refractivity contribution < 1.29 is 4.79 Å². The van der Waals surface area contributed by atoms with Gasteiger partial charge in [0.1, 0.15) is 12.4 Å². The minimum absolute atomic E-state index is 0.0249. The van der Waals surface area contributed by atoms with E-state index in [1.807, 2.05) is 13.0 Å². The Bertz CT molecular complexity index is 564. The van der Waals surface area contributed by atoms with Crippen LogP contribution >= 0.6 is 0 Å². The average Bonchev–Trinajstić information content (AvgIpc) is 2.84. The first-order chi connectivity index (χ1) is 9.20. The lowest BCUT2D eigenvalue weighted by atomic mass is 10.2. The van der Waals surface area contributed by atoms with E-state index in [-0.39, 0.29) is 12.5 Å². The molecule has 0 bridgehead atoms. The van der Waals surface area contributed by atoms with Gasteiger partial charge in [0.05, 0.1) is 18.2 Å². The van der Waals surface area contributed by atoms with Crippen molar-refractivity contribution in [2.45, 2.75) is 19.9 Å². The number of hydrogen-bond donors (Lipinski definition) is 2. The normalized spacial score (nSPS) is 10.4. The van der Waals surface area contributed by atoms with Gasteiger partial charge < -0.3 is 15.6 Å². The Hall–Kier alpha value is -2.37. The fourth-order valence-corrected chi connectivity index (χ4v) is 1.77. The topological polar surface area (TPSA) is 85.8 Å². The van der Waals surface area contributed by atoms with Crippen molar-refractivity contribution in [1.82, 2.24) is 19.9 Å². The molecule has 0 aromatic carbocycles. The van der Waals surface area contributed by atoms with Gasteiger partial charge in [-0.2, -0.15) is 0 Å². The van der Waals surface area contributed by atoms with Gasteiger partial charge in [0.2, 0.25) is 5.91 Å².